The van der Waals surface area contributed by atoms with Crippen molar-refractivity contribution in [2.45, 2.75) is 12.8 Å². The smallest absolute Gasteiger partial charge is 0.222 e. The van der Waals surface area contributed by atoms with Gasteiger partial charge in [-0.2, -0.15) is 5.26 Å². The molecule has 1 aromatic carbocycles. The Morgan fingerprint density at radius 2 is 2.14 bits per heavy atom. The lowest BCUT2D eigenvalue weighted by atomic mass is 10.1. The van der Waals surface area contributed by atoms with Gasteiger partial charge in [-0.05, 0) is 24.1 Å². The zero-order valence-electron chi connectivity index (χ0n) is 11.5. The second kappa shape index (κ2) is 6.06. The minimum atomic E-state index is 0.305. The molecule has 5 heteroatoms. The van der Waals surface area contributed by atoms with E-state index in [2.05, 4.69) is 38.5 Å². The molecule has 0 fully saturated rings. The lowest BCUT2D eigenvalue weighted by Gasteiger charge is -2.05. The summed E-state index contributed by atoms with van der Waals surface area (Å²) in [7, 11) is 0. The van der Waals surface area contributed by atoms with Crippen molar-refractivity contribution >= 4 is 16.9 Å². The van der Waals surface area contributed by atoms with Crippen LogP contribution in [-0.4, -0.2) is 21.5 Å². The van der Waals surface area contributed by atoms with Gasteiger partial charge in [0.2, 0.25) is 5.95 Å². The summed E-state index contributed by atoms with van der Waals surface area (Å²) in [6.45, 7) is 0.748. The van der Waals surface area contributed by atoms with Crippen molar-refractivity contribution in [2.24, 2.45) is 0 Å². The highest BCUT2D eigenvalue weighted by Crippen LogP contribution is 2.17. The number of nitrogens with one attached hydrogen (secondary N) is 2. The van der Waals surface area contributed by atoms with Gasteiger partial charge in [-0.25, -0.2) is 9.97 Å². The third-order valence-corrected chi connectivity index (χ3v) is 3.33. The summed E-state index contributed by atoms with van der Waals surface area (Å²) < 4.78 is 0. The Balaban J connectivity index is 1.64. The van der Waals surface area contributed by atoms with Crippen LogP contribution in [0.3, 0.4) is 0 Å². The van der Waals surface area contributed by atoms with E-state index < -0.39 is 0 Å². The zero-order valence-corrected chi connectivity index (χ0v) is 11.5. The minimum absolute atomic E-state index is 0.305. The van der Waals surface area contributed by atoms with Crippen LogP contribution in [0.2, 0.25) is 0 Å². The fraction of sp³-hybridized carbons (Fsp3) is 0.188. The van der Waals surface area contributed by atoms with Crippen LogP contribution >= 0.6 is 0 Å². The number of nitrogens with zero attached hydrogens (tertiary/aromatic N) is 3. The molecule has 0 saturated heterocycles. The van der Waals surface area contributed by atoms with E-state index in [4.69, 9.17) is 5.26 Å². The highest BCUT2D eigenvalue weighted by Gasteiger charge is 2.03. The first-order chi connectivity index (χ1) is 10.4. The first-order valence-electron chi connectivity index (χ1n) is 6.84. The van der Waals surface area contributed by atoms with Gasteiger partial charge < -0.3 is 10.3 Å². The van der Waals surface area contributed by atoms with Gasteiger partial charge in [0.1, 0.15) is 0 Å². The summed E-state index contributed by atoms with van der Waals surface area (Å²) in [5.41, 5.74) is 3.16. The van der Waals surface area contributed by atoms with E-state index in [1.54, 1.807) is 12.3 Å². The van der Waals surface area contributed by atoms with E-state index in [1.165, 1.54) is 10.9 Å². The molecule has 0 amide bonds. The fourth-order valence-electron chi connectivity index (χ4n) is 2.31. The lowest BCUT2D eigenvalue weighted by Crippen LogP contribution is -2.08. The van der Waals surface area contributed by atoms with Crippen molar-refractivity contribution in [3.05, 3.63) is 54.0 Å². The van der Waals surface area contributed by atoms with Crippen LogP contribution in [-0.2, 0) is 12.8 Å². The first-order valence-corrected chi connectivity index (χ1v) is 6.84. The first kappa shape index (κ1) is 13.1. The molecule has 0 bridgehead atoms. The Labute approximate surface area is 122 Å². The lowest BCUT2D eigenvalue weighted by molar-refractivity contribution is 0.970. The van der Waals surface area contributed by atoms with E-state index >= 15 is 0 Å². The number of nitriles is 1. The number of aromatic amines is 1. The molecule has 0 spiro atoms. The molecule has 2 aromatic heterocycles. The number of H-pyrrole nitrogens is 1. The summed E-state index contributed by atoms with van der Waals surface area (Å²) in [4.78, 5) is 11.7. The van der Waals surface area contributed by atoms with Gasteiger partial charge in [0.25, 0.3) is 0 Å². The van der Waals surface area contributed by atoms with Crippen molar-refractivity contribution in [2.75, 3.05) is 11.9 Å². The number of hydrogen-bond donors (Lipinski definition) is 2. The van der Waals surface area contributed by atoms with E-state index in [9.17, 15) is 0 Å². The molecule has 0 aliphatic rings. The minimum Gasteiger partial charge on any atom is -0.361 e. The van der Waals surface area contributed by atoms with Crippen LogP contribution in [0.1, 0.15) is 11.3 Å². The molecule has 3 rings (SSSR count). The maximum atomic E-state index is 8.68. The summed E-state index contributed by atoms with van der Waals surface area (Å²) in [6, 6.07) is 12.1. The van der Waals surface area contributed by atoms with Crippen LogP contribution in [0.5, 0.6) is 0 Å². The zero-order chi connectivity index (χ0) is 14.5. The number of hydrogen-bond acceptors (Lipinski definition) is 4. The normalized spacial score (nSPS) is 10.4. The molecule has 2 N–H and O–H groups in total. The summed E-state index contributed by atoms with van der Waals surface area (Å²) in [6.07, 6.45) is 4.91. The predicted octanol–water partition coefficient (Wildman–Crippen LogP) is 2.68. The van der Waals surface area contributed by atoms with Crippen molar-refractivity contribution in [1.29, 1.82) is 5.26 Å². The van der Waals surface area contributed by atoms with Crippen molar-refractivity contribution in [3.8, 4) is 6.07 Å². The second-order valence-corrected chi connectivity index (χ2v) is 4.74. The summed E-state index contributed by atoms with van der Waals surface area (Å²) in [5, 5.41) is 13.1. The number of anilines is 1. The second-order valence-electron chi connectivity index (χ2n) is 4.74. The monoisotopic (exact) mass is 277 g/mol. The Hall–Kier alpha value is -2.87. The predicted molar refractivity (Wildman–Crippen MR) is 81.8 cm³/mol. The third kappa shape index (κ3) is 3.00. The van der Waals surface area contributed by atoms with Crippen LogP contribution in [0, 0.1) is 11.3 Å². The number of benzene rings is 1. The maximum Gasteiger partial charge on any atom is 0.222 e. The SMILES string of the molecule is N#CCc1ccnc(NCCc2c[nH]c3ccccc23)n1. The molecular formula is C16H15N5. The van der Waals surface area contributed by atoms with E-state index in [-0.39, 0.29) is 0 Å². The topological polar surface area (TPSA) is 77.4 Å². The average Bonchev–Trinajstić information content (AvgIpc) is 2.92. The molecule has 2 heterocycles. The van der Waals surface area contributed by atoms with Crippen LogP contribution in [0.25, 0.3) is 10.9 Å². The van der Waals surface area contributed by atoms with Crippen molar-refractivity contribution in [3.63, 3.8) is 0 Å². The van der Waals surface area contributed by atoms with Crippen molar-refractivity contribution in [1.82, 2.24) is 15.0 Å². The van der Waals surface area contributed by atoms with Gasteiger partial charge in [0, 0.05) is 29.8 Å². The molecule has 104 valence electrons. The van der Waals surface area contributed by atoms with Crippen LogP contribution in [0.15, 0.2) is 42.7 Å². The number of fused-ring (bicyclic) bond motifs is 1. The van der Waals surface area contributed by atoms with Gasteiger partial charge in [-0.1, -0.05) is 18.2 Å². The third-order valence-electron chi connectivity index (χ3n) is 3.33. The fourth-order valence-corrected chi connectivity index (χ4v) is 2.31. The molecule has 0 atom stereocenters. The van der Waals surface area contributed by atoms with E-state index in [0.717, 1.165) is 24.2 Å². The Bertz CT molecular complexity index is 784. The number of aromatic nitrogens is 3. The molecule has 3 aromatic rings. The number of rotatable bonds is 5. The standard InChI is InChI=1S/C16H15N5/c17-8-5-13-7-10-19-16(21-13)18-9-6-12-11-20-15-4-2-1-3-14(12)15/h1-4,7,10-11,20H,5-6,9H2,(H,18,19,21). The van der Waals surface area contributed by atoms with Crippen LogP contribution < -0.4 is 5.32 Å². The highest BCUT2D eigenvalue weighted by molar-refractivity contribution is 5.83. The highest BCUT2D eigenvalue weighted by atomic mass is 15.1. The van der Waals surface area contributed by atoms with Crippen LogP contribution in [0.4, 0.5) is 5.95 Å². The molecule has 0 unspecified atom stereocenters. The average molecular weight is 277 g/mol. The van der Waals surface area contributed by atoms with E-state index in [1.807, 2.05) is 18.3 Å². The van der Waals surface area contributed by atoms with Gasteiger partial charge in [0.05, 0.1) is 18.2 Å². The van der Waals surface area contributed by atoms with E-state index in [0.29, 0.717) is 12.4 Å². The maximum absolute atomic E-state index is 8.68. The molecule has 0 radical (unpaired) electrons. The molecule has 5 nitrogen and oxygen atoms in total. The van der Waals surface area contributed by atoms with Gasteiger partial charge in [-0.3, -0.25) is 0 Å². The van der Waals surface area contributed by atoms with Gasteiger partial charge >= 0.3 is 0 Å². The van der Waals surface area contributed by atoms with Gasteiger partial charge in [0.15, 0.2) is 0 Å². The Kier molecular flexibility index (Phi) is 3.79. The Morgan fingerprint density at radius 3 is 3.05 bits per heavy atom. The molecule has 0 aliphatic heterocycles. The quantitative estimate of drug-likeness (QED) is 0.751. The van der Waals surface area contributed by atoms with Gasteiger partial charge in [-0.15, -0.1) is 0 Å². The summed E-state index contributed by atoms with van der Waals surface area (Å²) >= 11 is 0. The summed E-state index contributed by atoms with van der Waals surface area (Å²) in [5.74, 6) is 0.572. The molecule has 0 aliphatic carbocycles. The number of para-hydroxylation sites is 1. The molecular weight excluding hydrogens is 262 g/mol. The molecule has 0 saturated carbocycles. The molecule has 21 heavy (non-hydrogen) atoms. The Morgan fingerprint density at radius 1 is 1.24 bits per heavy atom. The largest absolute Gasteiger partial charge is 0.361 e. The van der Waals surface area contributed by atoms with Crippen molar-refractivity contribution < 1.29 is 0 Å².